The lowest BCUT2D eigenvalue weighted by Gasteiger charge is -2.45. The Morgan fingerprint density at radius 3 is 2.77 bits per heavy atom. The normalized spacial score (nSPS) is 26.0. The van der Waals surface area contributed by atoms with Crippen molar-refractivity contribution < 1.29 is 13.8 Å². The Morgan fingerprint density at radius 2 is 2.09 bits per heavy atom. The summed E-state index contributed by atoms with van der Waals surface area (Å²) in [5.74, 6) is 1.97. The molecule has 2 unspecified atom stereocenters. The van der Waals surface area contributed by atoms with Crippen LogP contribution in [0.1, 0.15) is 51.8 Å². The molecule has 0 spiro atoms. The summed E-state index contributed by atoms with van der Waals surface area (Å²) in [5.41, 5.74) is 2.49. The maximum atomic E-state index is 12.7. The number of allylic oxidation sites excluding steroid dienone is 2. The van der Waals surface area contributed by atoms with Crippen LogP contribution in [0.5, 0.6) is 0 Å². The number of pyridine rings is 1. The van der Waals surface area contributed by atoms with E-state index < -0.39 is 16.6 Å². The molecule has 35 heavy (non-hydrogen) atoms. The summed E-state index contributed by atoms with van der Waals surface area (Å²) in [6.07, 6.45) is 6.94. The molecule has 186 valence electrons. The van der Waals surface area contributed by atoms with Crippen molar-refractivity contribution in [2.75, 3.05) is 18.8 Å². The minimum Gasteiger partial charge on any atom is -0.514 e. The highest BCUT2D eigenvalue weighted by Gasteiger charge is 2.42. The number of aromatic nitrogens is 3. The first-order chi connectivity index (χ1) is 16.9. The second-order valence-electron chi connectivity index (χ2n) is 9.53. The highest BCUT2D eigenvalue weighted by molar-refractivity contribution is 7.90. The molecule has 2 aromatic heterocycles. The third-order valence-corrected chi connectivity index (χ3v) is 8.31. The smallest absolute Gasteiger partial charge is 0.230 e. The van der Waals surface area contributed by atoms with E-state index in [0.29, 0.717) is 40.3 Å². The molecule has 2 aromatic rings. The molecule has 0 aromatic carbocycles. The number of aliphatic hydroxyl groups is 1. The standard InChI is InChI=1S/C24H31N7O3S/c1-15(2)19(14-32)26-22-20-18(8-13-35(20)33)28-24(3,29-22)31-11-6-17(7-12-31)23-27-21(30-34-23)16-4-9-25-10-5-16/h4-5,9-10,14-15,17,28,32H,6-8,11-13H2,1-3H3,(H,26,29)/b19-14+. The molecule has 0 saturated carbocycles. The summed E-state index contributed by atoms with van der Waals surface area (Å²) in [4.78, 5) is 16.7. The van der Waals surface area contributed by atoms with E-state index in [4.69, 9.17) is 9.52 Å². The van der Waals surface area contributed by atoms with Crippen LogP contribution in [0.15, 0.2) is 56.6 Å². The van der Waals surface area contributed by atoms with Crippen LogP contribution in [0.25, 0.3) is 11.4 Å². The molecule has 0 radical (unpaired) electrons. The molecule has 1 fully saturated rings. The fourth-order valence-corrected chi connectivity index (χ4v) is 6.11. The van der Waals surface area contributed by atoms with Crippen molar-refractivity contribution in [1.82, 2.24) is 30.7 Å². The Hall–Kier alpha value is -3.05. The van der Waals surface area contributed by atoms with Crippen molar-refractivity contribution in [1.29, 1.82) is 0 Å². The number of aliphatic hydroxyl groups excluding tert-OH is 1. The van der Waals surface area contributed by atoms with Gasteiger partial charge in [0.1, 0.15) is 10.7 Å². The minimum atomic E-state index is -1.12. The lowest BCUT2D eigenvalue weighted by atomic mass is 9.95. The lowest BCUT2D eigenvalue weighted by Crippen LogP contribution is -2.60. The van der Waals surface area contributed by atoms with Gasteiger partial charge < -0.3 is 20.3 Å². The van der Waals surface area contributed by atoms with Crippen molar-refractivity contribution in [3.8, 4) is 11.4 Å². The number of hydrogen-bond donors (Lipinski definition) is 3. The second-order valence-corrected chi connectivity index (χ2v) is 11.0. The number of nitrogens with zero attached hydrogens (tertiary/aromatic N) is 5. The molecule has 1 saturated heterocycles. The van der Waals surface area contributed by atoms with E-state index in [1.54, 1.807) is 12.4 Å². The summed E-state index contributed by atoms with van der Waals surface area (Å²) in [5, 5.41) is 20.7. The van der Waals surface area contributed by atoms with Crippen molar-refractivity contribution in [2.45, 2.75) is 51.7 Å². The summed E-state index contributed by atoms with van der Waals surface area (Å²) in [7, 11) is -1.12. The molecule has 11 heteroatoms. The molecule has 5 heterocycles. The lowest BCUT2D eigenvalue weighted by molar-refractivity contribution is 0.0550. The predicted molar refractivity (Wildman–Crippen MR) is 133 cm³/mol. The molecule has 2 atom stereocenters. The summed E-state index contributed by atoms with van der Waals surface area (Å²) < 4.78 is 18.3. The predicted octanol–water partition coefficient (Wildman–Crippen LogP) is 3.00. The highest BCUT2D eigenvalue weighted by Crippen LogP contribution is 2.35. The van der Waals surface area contributed by atoms with E-state index >= 15 is 0 Å². The van der Waals surface area contributed by atoms with Crippen molar-refractivity contribution >= 4 is 16.6 Å². The fraction of sp³-hybridized carbons (Fsp3) is 0.500. The van der Waals surface area contributed by atoms with Crippen LogP contribution < -0.4 is 10.6 Å². The van der Waals surface area contributed by atoms with E-state index in [0.717, 1.165) is 43.5 Å². The van der Waals surface area contributed by atoms with Gasteiger partial charge >= 0.3 is 0 Å². The van der Waals surface area contributed by atoms with Gasteiger partial charge in [0.15, 0.2) is 5.79 Å². The Labute approximate surface area is 207 Å². The Bertz CT molecular complexity index is 1200. The van der Waals surface area contributed by atoms with E-state index in [9.17, 15) is 9.32 Å². The molecule has 3 aliphatic rings. The van der Waals surface area contributed by atoms with Crippen molar-refractivity contribution in [2.24, 2.45) is 10.9 Å². The van der Waals surface area contributed by atoms with Gasteiger partial charge in [-0.05, 0) is 37.8 Å². The third kappa shape index (κ3) is 4.62. The summed E-state index contributed by atoms with van der Waals surface area (Å²) in [6.45, 7) is 7.59. The number of piperidine rings is 1. The Balaban J connectivity index is 1.32. The third-order valence-electron chi connectivity index (χ3n) is 6.84. The van der Waals surface area contributed by atoms with Gasteiger partial charge in [0.25, 0.3) is 0 Å². The molecule has 3 aliphatic heterocycles. The maximum Gasteiger partial charge on any atom is 0.230 e. The largest absolute Gasteiger partial charge is 0.514 e. The van der Waals surface area contributed by atoms with E-state index in [-0.39, 0.29) is 11.8 Å². The van der Waals surface area contributed by atoms with Crippen LogP contribution in [0.3, 0.4) is 0 Å². The van der Waals surface area contributed by atoms with Crippen molar-refractivity contribution in [3.63, 3.8) is 0 Å². The zero-order valence-corrected chi connectivity index (χ0v) is 21.0. The highest BCUT2D eigenvalue weighted by atomic mass is 32.2. The van der Waals surface area contributed by atoms with Crippen LogP contribution in [-0.2, 0) is 10.8 Å². The topological polar surface area (TPSA) is 129 Å². The van der Waals surface area contributed by atoms with Crippen LogP contribution in [0.4, 0.5) is 0 Å². The van der Waals surface area contributed by atoms with Gasteiger partial charge in [-0.2, -0.15) is 4.98 Å². The average molecular weight is 498 g/mol. The van der Waals surface area contributed by atoms with Crippen LogP contribution in [0, 0.1) is 5.92 Å². The van der Waals surface area contributed by atoms with E-state index in [2.05, 4.69) is 30.7 Å². The number of likely N-dealkylation sites (tertiary alicyclic amines) is 1. The van der Waals surface area contributed by atoms with Crippen molar-refractivity contribution in [3.05, 3.63) is 53.0 Å². The number of hydrogen-bond acceptors (Lipinski definition) is 10. The maximum absolute atomic E-state index is 12.7. The Morgan fingerprint density at radius 1 is 1.34 bits per heavy atom. The molecule has 0 aliphatic carbocycles. The number of amidine groups is 1. The van der Waals surface area contributed by atoms with E-state index in [1.807, 2.05) is 32.9 Å². The minimum absolute atomic E-state index is 0.0740. The van der Waals surface area contributed by atoms with Gasteiger partial charge in [0, 0.05) is 54.8 Å². The van der Waals surface area contributed by atoms with E-state index in [1.165, 1.54) is 0 Å². The quantitative estimate of drug-likeness (QED) is 0.534. The van der Waals surface area contributed by atoms with Crippen LogP contribution in [0.2, 0.25) is 0 Å². The summed E-state index contributed by atoms with van der Waals surface area (Å²) in [6, 6.07) is 3.73. The van der Waals surface area contributed by atoms with Crippen LogP contribution >= 0.6 is 0 Å². The molecule has 10 nitrogen and oxygen atoms in total. The first kappa shape index (κ1) is 23.7. The van der Waals surface area contributed by atoms with Crippen LogP contribution in [-0.4, -0.2) is 59.8 Å². The number of nitrogens with one attached hydrogen (secondary N) is 2. The second kappa shape index (κ2) is 9.54. The zero-order valence-electron chi connectivity index (χ0n) is 20.2. The summed E-state index contributed by atoms with van der Waals surface area (Å²) >= 11 is 0. The van der Waals surface area contributed by atoms with Gasteiger partial charge in [-0.25, -0.2) is 4.99 Å². The fourth-order valence-electron chi connectivity index (χ4n) is 4.78. The zero-order chi connectivity index (χ0) is 24.6. The molecular formula is C24H31N7O3S. The van der Waals surface area contributed by atoms with Gasteiger partial charge in [-0.3, -0.25) is 14.1 Å². The average Bonchev–Trinajstić information content (AvgIpc) is 3.50. The van der Waals surface area contributed by atoms with Gasteiger partial charge in [0.05, 0.1) is 22.8 Å². The number of aliphatic imine (C=N–C) groups is 1. The molecular weight excluding hydrogens is 466 g/mol. The van der Waals surface area contributed by atoms with Gasteiger partial charge in [-0.15, -0.1) is 0 Å². The first-order valence-electron chi connectivity index (χ1n) is 12.0. The Kier molecular flexibility index (Phi) is 6.45. The molecule has 5 rings (SSSR count). The van der Waals surface area contributed by atoms with Gasteiger partial charge in [-0.1, -0.05) is 19.0 Å². The molecule has 0 bridgehead atoms. The van der Waals surface area contributed by atoms with Gasteiger partial charge in [0.2, 0.25) is 11.7 Å². The molecule has 0 amide bonds. The monoisotopic (exact) mass is 497 g/mol. The number of rotatable bonds is 5. The molecule has 3 N–H and O–H groups in total. The SMILES string of the molecule is CC(C)/C(=C\O)NC1=NC(C)(N2CCC(c3nc(-c4ccncc4)no3)CC2)NC2=C1S(=O)CC2. The first-order valence-corrected chi connectivity index (χ1v) is 13.3.